The lowest BCUT2D eigenvalue weighted by molar-refractivity contribution is 0.0332. The fourth-order valence-electron chi connectivity index (χ4n) is 3.23. The second-order valence-electron chi connectivity index (χ2n) is 7.39. The van der Waals surface area contributed by atoms with Crippen molar-refractivity contribution < 1.29 is 24.2 Å². The molecule has 0 fully saturated rings. The Morgan fingerprint density at radius 2 is 2.14 bits per heavy atom. The number of rotatable bonds is 6. The average Bonchev–Trinajstić information content (AvgIpc) is 3.04. The van der Waals surface area contributed by atoms with Gasteiger partial charge in [-0.05, 0) is 56.7 Å². The van der Waals surface area contributed by atoms with Gasteiger partial charge in [0.05, 0.1) is 12.2 Å². The minimum absolute atomic E-state index is 0.0669. The van der Waals surface area contributed by atoms with Gasteiger partial charge < -0.3 is 19.4 Å². The summed E-state index contributed by atoms with van der Waals surface area (Å²) in [6.07, 6.45) is 2.31. The number of aliphatic hydroxyl groups excluding tert-OH is 2. The molecule has 0 bridgehead atoms. The molecule has 2 N–H and O–H groups in total. The summed E-state index contributed by atoms with van der Waals surface area (Å²) >= 11 is 3.44. The van der Waals surface area contributed by atoms with Crippen LogP contribution in [-0.4, -0.2) is 35.3 Å². The molecule has 1 aromatic heterocycles. The number of furan rings is 1. The van der Waals surface area contributed by atoms with E-state index in [1.165, 1.54) is 0 Å². The SMILES string of the molecule is C=C(/C=C\C1=C(C)C(C)(C)c2oc3cc(Br)ccc3c2C1=O)OC[C@H](O)CO. The third kappa shape index (κ3) is 3.60. The van der Waals surface area contributed by atoms with Gasteiger partial charge in [0.1, 0.15) is 29.8 Å². The van der Waals surface area contributed by atoms with Gasteiger partial charge in [-0.3, -0.25) is 4.79 Å². The van der Waals surface area contributed by atoms with Crippen LogP contribution in [-0.2, 0) is 10.2 Å². The van der Waals surface area contributed by atoms with Gasteiger partial charge in [-0.25, -0.2) is 0 Å². The zero-order valence-corrected chi connectivity index (χ0v) is 17.7. The Morgan fingerprint density at radius 1 is 1.43 bits per heavy atom. The maximum atomic E-state index is 13.3. The molecular formula is C22H23BrO5. The maximum absolute atomic E-state index is 13.3. The first-order chi connectivity index (χ1) is 13.2. The van der Waals surface area contributed by atoms with Crippen molar-refractivity contribution in [3.05, 3.63) is 69.6 Å². The summed E-state index contributed by atoms with van der Waals surface area (Å²) < 4.78 is 12.3. The minimum Gasteiger partial charge on any atom is -0.491 e. The molecule has 148 valence electrons. The van der Waals surface area contributed by atoms with Gasteiger partial charge in [0.25, 0.3) is 0 Å². The van der Waals surface area contributed by atoms with E-state index < -0.39 is 11.5 Å². The Bertz CT molecular complexity index is 1010. The smallest absolute Gasteiger partial charge is 0.197 e. The molecule has 28 heavy (non-hydrogen) atoms. The zero-order chi connectivity index (χ0) is 20.6. The number of hydrogen-bond donors (Lipinski definition) is 2. The van der Waals surface area contributed by atoms with Crippen LogP contribution in [0.25, 0.3) is 11.0 Å². The molecule has 6 heteroatoms. The zero-order valence-electron chi connectivity index (χ0n) is 16.1. The Kier molecular flexibility index (Phi) is 5.66. The number of halogens is 1. The molecule has 0 spiro atoms. The number of aliphatic hydroxyl groups is 2. The van der Waals surface area contributed by atoms with Gasteiger partial charge in [0.2, 0.25) is 0 Å². The molecule has 0 aliphatic heterocycles. The number of ketones is 1. The van der Waals surface area contributed by atoms with E-state index >= 15 is 0 Å². The molecule has 1 aliphatic carbocycles. The molecule has 0 radical (unpaired) electrons. The lowest BCUT2D eigenvalue weighted by Gasteiger charge is -2.30. The van der Waals surface area contributed by atoms with Gasteiger partial charge in [-0.2, -0.15) is 0 Å². The Morgan fingerprint density at radius 3 is 2.82 bits per heavy atom. The van der Waals surface area contributed by atoms with E-state index in [-0.39, 0.29) is 19.0 Å². The molecule has 3 rings (SSSR count). The monoisotopic (exact) mass is 446 g/mol. The highest BCUT2D eigenvalue weighted by Gasteiger charge is 2.40. The van der Waals surface area contributed by atoms with E-state index in [1.807, 2.05) is 39.0 Å². The first-order valence-electron chi connectivity index (χ1n) is 8.94. The molecule has 1 heterocycles. The van der Waals surface area contributed by atoms with Crippen LogP contribution in [0.15, 0.2) is 62.7 Å². The molecular weight excluding hydrogens is 424 g/mol. The van der Waals surface area contributed by atoms with Gasteiger partial charge >= 0.3 is 0 Å². The van der Waals surface area contributed by atoms with Crippen molar-refractivity contribution in [2.45, 2.75) is 32.3 Å². The summed E-state index contributed by atoms with van der Waals surface area (Å²) in [7, 11) is 0. The standard InChI is InChI=1S/C22H23BrO5/c1-12(27-11-15(25)10-24)5-7-16-13(2)22(3,4)21-19(20(16)26)17-8-6-14(23)9-18(17)28-21/h5-9,15,24-25H,1,10-11H2,2-4H3/b7-5-/t15-/m1/s1. The predicted molar refractivity (Wildman–Crippen MR) is 111 cm³/mol. The molecule has 0 amide bonds. The molecule has 0 saturated heterocycles. The Labute approximate surface area is 172 Å². The number of ether oxygens (including phenoxy) is 1. The first kappa shape index (κ1) is 20.6. The number of allylic oxidation sites excluding steroid dienone is 4. The van der Waals surface area contributed by atoms with E-state index in [2.05, 4.69) is 22.5 Å². The molecule has 1 aliphatic rings. The molecule has 0 unspecified atom stereocenters. The van der Waals surface area contributed by atoms with Crippen molar-refractivity contribution in [1.29, 1.82) is 0 Å². The third-order valence-corrected chi connectivity index (χ3v) is 5.63. The first-order valence-corrected chi connectivity index (χ1v) is 9.73. The molecule has 1 aromatic carbocycles. The van der Waals surface area contributed by atoms with Gasteiger partial charge in [0.15, 0.2) is 5.78 Å². The topological polar surface area (TPSA) is 79.9 Å². The molecule has 2 aromatic rings. The fraction of sp³-hybridized carbons (Fsp3) is 0.318. The number of carbonyl (C=O) groups excluding carboxylic acids is 1. The summed E-state index contributed by atoms with van der Waals surface area (Å²) in [5.41, 5.74) is 2.26. The number of fused-ring (bicyclic) bond motifs is 3. The number of benzene rings is 1. The van der Waals surface area contributed by atoms with Crippen LogP contribution in [0.5, 0.6) is 0 Å². The average molecular weight is 447 g/mol. The van der Waals surface area contributed by atoms with Crippen molar-refractivity contribution >= 4 is 32.7 Å². The fourth-order valence-corrected chi connectivity index (χ4v) is 3.57. The third-order valence-electron chi connectivity index (χ3n) is 5.14. The van der Waals surface area contributed by atoms with Gasteiger partial charge in [-0.1, -0.05) is 22.5 Å². The molecule has 1 atom stereocenters. The summed E-state index contributed by atoms with van der Waals surface area (Å²) in [6, 6.07) is 5.64. The van der Waals surface area contributed by atoms with Crippen LogP contribution >= 0.6 is 15.9 Å². The normalized spacial score (nSPS) is 17.3. The number of carbonyl (C=O) groups is 1. The highest BCUT2D eigenvalue weighted by atomic mass is 79.9. The largest absolute Gasteiger partial charge is 0.491 e. The van der Waals surface area contributed by atoms with Crippen LogP contribution in [0, 0.1) is 0 Å². The second-order valence-corrected chi connectivity index (χ2v) is 8.30. The summed E-state index contributed by atoms with van der Waals surface area (Å²) in [5.74, 6) is 0.860. The summed E-state index contributed by atoms with van der Waals surface area (Å²) in [6.45, 7) is 9.29. The van der Waals surface area contributed by atoms with Crippen molar-refractivity contribution in [3.63, 3.8) is 0 Å². The van der Waals surface area contributed by atoms with Crippen LogP contribution < -0.4 is 0 Å². The quantitative estimate of drug-likeness (QED) is 0.506. The maximum Gasteiger partial charge on any atom is 0.197 e. The predicted octanol–water partition coefficient (Wildman–Crippen LogP) is 4.43. The summed E-state index contributed by atoms with van der Waals surface area (Å²) in [4.78, 5) is 13.3. The molecule has 0 saturated carbocycles. The second kappa shape index (κ2) is 7.70. The van der Waals surface area contributed by atoms with Gasteiger partial charge in [0, 0.05) is 20.8 Å². The lowest BCUT2D eigenvalue weighted by Crippen LogP contribution is -2.28. The summed E-state index contributed by atoms with van der Waals surface area (Å²) in [5, 5.41) is 19.0. The number of hydrogen-bond acceptors (Lipinski definition) is 5. The number of Topliss-reactive ketones (excluding diaryl/α,β-unsaturated/α-hetero) is 1. The molecule has 5 nitrogen and oxygen atoms in total. The Hall–Kier alpha value is -2.15. The van der Waals surface area contributed by atoms with E-state index in [9.17, 15) is 9.90 Å². The van der Waals surface area contributed by atoms with Crippen LogP contribution in [0.4, 0.5) is 0 Å². The van der Waals surface area contributed by atoms with Crippen molar-refractivity contribution in [1.82, 2.24) is 0 Å². The van der Waals surface area contributed by atoms with E-state index in [4.69, 9.17) is 14.3 Å². The van der Waals surface area contributed by atoms with Crippen LogP contribution in [0.3, 0.4) is 0 Å². The van der Waals surface area contributed by atoms with Crippen molar-refractivity contribution in [2.24, 2.45) is 0 Å². The van der Waals surface area contributed by atoms with Crippen molar-refractivity contribution in [3.8, 4) is 0 Å². The lowest BCUT2D eigenvalue weighted by atomic mass is 9.72. The minimum atomic E-state index is -0.972. The van der Waals surface area contributed by atoms with Crippen LogP contribution in [0.2, 0.25) is 0 Å². The van der Waals surface area contributed by atoms with Gasteiger partial charge in [-0.15, -0.1) is 0 Å². The van der Waals surface area contributed by atoms with Crippen molar-refractivity contribution in [2.75, 3.05) is 13.2 Å². The van der Waals surface area contributed by atoms with E-state index in [0.717, 1.165) is 15.4 Å². The van der Waals surface area contributed by atoms with E-state index in [1.54, 1.807) is 12.2 Å². The Balaban J connectivity index is 1.98. The van der Waals surface area contributed by atoms with E-state index in [0.29, 0.717) is 28.2 Å². The highest BCUT2D eigenvalue weighted by Crippen LogP contribution is 2.45. The van der Waals surface area contributed by atoms with Crippen LogP contribution in [0.1, 0.15) is 36.9 Å². The highest BCUT2D eigenvalue weighted by molar-refractivity contribution is 9.10.